The van der Waals surface area contributed by atoms with E-state index in [1.807, 2.05) is 0 Å². The smallest absolute Gasteiger partial charge is 0.253 e. The van der Waals surface area contributed by atoms with E-state index in [1.54, 1.807) is 13.0 Å². The SMILES string of the molecule is C=C/C(C=O)=C(C(=O)NC)\C(N)=C/C. The average molecular weight is 194 g/mol. The number of nitrogens with two attached hydrogens (primary N) is 1. The molecule has 76 valence electrons. The van der Waals surface area contributed by atoms with Crippen molar-refractivity contribution in [3.8, 4) is 0 Å². The van der Waals surface area contributed by atoms with Gasteiger partial charge in [-0.1, -0.05) is 18.7 Å². The Balaban J connectivity index is 5.50. The molecule has 14 heavy (non-hydrogen) atoms. The molecule has 0 fully saturated rings. The number of allylic oxidation sites excluding steroid dienone is 3. The second-order valence-electron chi connectivity index (χ2n) is 2.48. The summed E-state index contributed by atoms with van der Waals surface area (Å²) in [5.41, 5.74) is 6.17. The lowest BCUT2D eigenvalue weighted by atomic mass is 10.1. The molecule has 4 heteroatoms. The first-order chi connectivity index (χ1) is 6.62. The summed E-state index contributed by atoms with van der Waals surface area (Å²) in [5.74, 6) is -0.400. The molecule has 0 radical (unpaired) electrons. The van der Waals surface area contributed by atoms with Crippen molar-refractivity contribution >= 4 is 12.2 Å². The van der Waals surface area contributed by atoms with Gasteiger partial charge < -0.3 is 11.1 Å². The summed E-state index contributed by atoms with van der Waals surface area (Å²) in [4.78, 5) is 22.0. The molecule has 0 aromatic rings. The summed E-state index contributed by atoms with van der Waals surface area (Å²) in [6.45, 7) is 5.12. The lowest BCUT2D eigenvalue weighted by Gasteiger charge is -2.07. The zero-order valence-corrected chi connectivity index (χ0v) is 8.33. The van der Waals surface area contributed by atoms with E-state index in [4.69, 9.17) is 5.73 Å². The van der Waals surface area contributed by atoms with Crippen molar-refractivity contribution in [2.45, 2.75) is 6.92 Å². The lowest BCUT2D eigenvalue weighted by Crippen LogP contribution is -2.25. The molecule has 0 saturated carbocycles. The predicted molar refractivity (Wildman–Crippen MR) is 55.3 cm³/mol. The van der Waals surface area contributed by atoms with Gasteiger partial charge in [0.15, 0.2) is 6.29 Å². The molecular formula is C10H14N2O2. The second kappa shape index (κ2) is 5.75. The van der Waals surface area contributed by atoms with Crippen molar-refractivity contribution < 1.29 is 9.59 Å². The molecule has 0 saturated heterocycles. The first kappa shape index (κ1) is 12.2. The highest BCUT2D eigenvalue weighted by Gasteiger charge is 2.13. The molecule has 0 rings (SSSR count). The van der Waals surface area contributed by atoms with Crippen LogP contribution in [0.2, 0.25) is 0 Å². The normalized spacial score (nSPS) is 12.9. The number of likely N-dealkylation sites (N-methyl/N-ethyl adjacent to an activating group) is 1. The van der Waals surface area contributed by atoms with E-state index in [0.717, 1.165) is 0 Å². The van der Waals surface area contributed by atoms with Crippen LogP contribution in [0, 0.1) is 0 Å². The lowest BCUT2D eigenvalue weighted by molar-refractivity contribution is -0.117. The first-order valence-corrected chi connectivity index (χ1v) is 4.08. The molecule has 0 atom stereocenters. The zero-order valence-electron chi connectivity index (χ0n) is 8.33. The van der Waals surface area contributed by atoms with Crippen molar-refractivity contribution in [1.29, 1.82) is 0 Å². The van der Waals surface area contributed by atoms with Crippen LogP contribution < -0.4 is 11.1 Å². The van der Waals surface area contributed by atoms with Crippen molar-refractivity contribution in [1.82, 2.24) is 5.32 Å². The van der Waals surface area contributed by atoms with Crippen LogP contribution >= 0.6 is 0 Å². The summed E-state index contributed by atoms with van der Waals surface area (Å²) in [6, 6.07) is 0. The molecule has 0 spiro atoms. The number of hydrogen-bond donors (Lipinski definition) is 2. The van der Waals surface area contributed by atoms with Gasteiger partial charge in [0.2, 0.25) is 0 Å². The van der Waals surface area contributed by atoms with Crippen LogP contribution in [0.25, 0.3) is 0 Å². The van der Waals surface area contributed by atoms with Crippen molar-refractivity contribution in [2.75, 3.05) is 7.05 Å². The van der Waals surface area contributed by atoms with Gasteiger partial charge >= 0.3 is 0 Å². The summed E-state index contributed by atoms with van der Waals surface area (Å²) in [6.07, 6.45) is 3.40. The van der Waals surface area contributed by atoms with Crippen LogP contribution in [-0.2, 0) is 9.59 Å². The number of aldehydes is 1. The third-order valence-corrected chi connectivity index (χ3v) is 1.69. The Morgan fingerprint density at radius 3 is 2.36 bits per heavy atom. The van der Waals surface area contributed by atoms with Gasteiger partial charge in [-0.05, 0) is 6.92 Å². The number of carbonyl (C=O) groups excluding carboxylic acids is 2. The molecule has 0 aromatic carbocycles. The highest BCUT2D eigenvalue weighted by molar-refractivity contribution is 6.03. The minimum atomic E-state index is -0.400. The largest absolute Gasteiger partial charge is 0.398 e. The van der Waals surface area contributed by atoms with Gasteiger partial charge in [-0.15, -0.1) is 0 Å². The van der Waals surface area contributed by atoms with Crippen LogP contribution in [-0.4, -0.2) is 19.2 Å². The summed E-state index contributed by atoms with van der Waals surface area (Å²) in [7, 11) is 1.47. The average Bonchev–Trinajstić information content (AvgIpc) is 2.23. The summed E-state index contributed by atoms with van der Waals surface area (Å²) >= 11 is 0. The van der Waals surface area contributed by atoms with Gasteiger partial charge in [0.1, 0.15) is 0 Å². The molecular weight excluding hydrogens is 180 g/mol. The molecule has 1 amide bonds. The zero-order chi connectivity index (χ0) is 11.1. The minimum Gasteiger partial charge on any atom is -0.398 e. The Labute approximate surface area is 83.2 Å². The minimum absolute atomic E-state index is 0.153. The molecule has 0 aliphatic rings. The van der Waals surface area contributed by atoms with E-state index in [0.29, 0.717) is 6.29 Å². The predicted octanol–water partition coefficient (Wildman–Crippen LogP) is 0.276. The van der Waals surface area contributed by atoms with Gasteiger partial charge in [-0.2, -0.15) is 0 Å². The van der Waals surface area contributed by atoms with E-state index >= 15 is 0 Å². The van der Waals surface area contributed by atoms with Crippen LogP contribution in [0.3, 0.4) is 0 Å². The van der Waals surface area contributed by atoms with Crippen molar-refractivity contribution in [3.05, 3.63) is 35.6 Å². The molecule has 0 aliphatic heterocycles. The number of hydrogen-bond acceptors (Lipinski definition) is 3. The fourth-order valence-corrected chi connectivity index (χ4v) is 0.907. The molecule has 4 nitrogen and oxygen atoms in total. The molecule has 0 aliphatic carbocycles. The first-order valence-electron chi connectivity index (χ1n) is 4.08. The number of rotatable bonds is 4. The van der Waals surface area contributed by atoms with E-state index < -0.39 is 5.91 Å². The molecule has 3 N–H and O–H groups in total. The maximum absolute atomic E-state index is 11.4. The van der Waals surface area contributed by atoms with Gasteiger partial charge in [0.25, 0.3) is 5.91 Å². The Morgan fingerprint density at radius 1 is 1.50 bits per heavy atom. The molecule has 0 bridgehead atoms. The van der Waals surface area contributed by atoms with Gasteiger partial charge in [0, 0.05) is 18.3 Å². The highest BCUT2D eigenvalue weighted by Crippen LogP contribution is 2.10. The second-order valence-corrected chi connectivity index (χ2v) is 2.48. The summed E-state index contributed by atoms with van der Waals surface area (Å²) < 4.78 is 0. The van der Waals surface area contributed by atoms with Crippen molar-refractivity contribution in [2.24, 2.45) is 5.73 Å². The van der Waals surface area contributed by atoms with E-state index in [2.05, 4.69) is 11.9 Å². The Morgan fingerprint density at radius 2 is 2.07 bits per heavy atom. The third-order valence-electron chi connectivity index (χ3n) is 1.69. The maximum Gasteiger partial charge on any atom is 0.253 e. The fraction of sp³-hybridized carbons (Fsp3) is 0.200. The molecule has 0 heterocycles. The Bertz CT molecular complexity index is 304. The highest BCUT2D eigenvalue weighted by atomic mass is 16.1. The third kappa shape index (κ3) is 2.58. The maximum atomic E-state index is 11.4. The van der Waals surface area contributed by atoms with Crippen molar-refractivity contribution in [3.63, 3.8) is 0 Å². The monoisotopic (exact) mass is 194 g/mol. The van der Waals surface area contributed by atoms with E-state index in [9.17, 15) is 9.59 Å². The standard InChI is InChI=1S/C10H14N2O2/c1-4-7(6-13)9(8(11)5-2)10(14)12-3/h4-6H,1,11H2,2-3H3,(H,12,14)/b8-5+,9-7-. The number of amides is 1. The number of nitrogens with one attached hydrogen (secondary N) is 1. The van der Waals surface area contributed by atoms with E-state index in [-0.39, 0.29) is 16.8 Å². The van der Waals surface area contributed by atoms with Gasteiger partial charge in [-0.3, -0.25) is 9.59 Å². The van der Waals surface area contributed by atoms with Gasteiger partial charge in [0.05, 0.1) is 5.57 Å². The molecule has 0 aromatic heterocycles. The summed E-state index contributed by atoms with van der Waals surface area (Å²) in [5, 5.41) is 2.41. The van der Waals surface area contributed by atoms with Crippen LogP contribution in [0.1, 0.15) is 6.92 Å². The van der Waals surface area contributed by atoms with E-state index in [1.165, 1.54) is 13.1 Å². The molecule has 0 unspecified atom stereocenters. The Hall–Kier alpha value is -1.84. The van der Waals surface area contributed by atoms with Gasteiger partial charge in [-0.25, -0.2) is 0 Å². The quantitative estimate of drug-likeness (QED) is 0.383. The van der Waals surface area contributed by atoms with Crippen LogP contribution in [0.15, 0.2) is 35.6 Å². The topological polar surface area (TPSA) is 72.2 Å². The Kier molecular flexibility index (Phi) is 4.99. The van der Waals surface area contributed by atoms with Crippen LogP contribution in [0.4, 0.5) is 0 Å². The fourth-order valence-electron chi connectivity index (χ4n) is 0.907. The van der Waals surface area contributed by atoms with Crippen LogP contribution in [0.5, 0.6) is 0 Å². The number of carbonyl (C=O) groups is 2.